The maximum atomic E-state index is 6.35. The van der Waals surface area contributed by atoms with Crippen molar-refractivity contribution in [2.45, 2.75) is 19.4 Å². The number of benzene rings is 1. The number of aryl methyl sites for hydroxylation is 1. The molecule has 0 aliphatic carbocycles. The minimum Gasteiger partial charge on any atom is -0.336 e. The third-order valence-electron chi connectivity index (χ3n) is 3.25. The maximum Gasteiger partial charge on any atom is 0.251 e. The van der Waals surface area contributed by atoms with Crippen molar-refractivity contribution in [3.8, 4) is 11.5 Å². The van der Waals surface area contributed by atoms with Crippen LogP contribution in [0.25, 0.3) is 11.5 Å². The highest BCUT2D eigenvalue weighted by Gasteiger charge is 2.30. The zero-order valence-electron chi connectivity index (χ0n) is 11.8. The lowest BCUT2D eigenvalue weighted by Crippen LogP contribution is -2.34. The van der Waals surface area contributed by atoms with E-state index in [0.29, 0.717) is 23.2 Å². The molecule has 6 heteroatoms. The summed E-state index contributed by atoms with van der Waals surface area (Å²) in [6.07, 6.45) is 1.66. The molecule has 2 aromatic heterocycles. The average Bonchev–Trinajstić information content (AvgIpc) is 2.99. The molecule has 0 amide bonds. The standard InChI is InChI=1S/C15H15N5O/c1-10-17-9-8-12(18-10)13-19-14(21-20-13)15(2,16)11-6-4-3-5-7-11/h3-9H,16H2,1-2H3. The first-order valence-electron chi connectivity index (χ1n) is 6.56. The number of hydrogen-bond acceptors (Lipinski definition) is 6. The van der Waals surface area contributed by atoms with Gasteiger partial charge < -0.3 is 10.3 Å². The highest BCUT2D eigenvalue weighted by molar-refractivity contribution is 5.47. The van der Waals surface area contributed by atoms with Crippen molar-refractivity contribution in [2.75, 3.05) is 0 Å². The highest BCUT2D eigenvalue weighted by Crippen LogP contribution is 2.26. The predicted octanol–water partition coefficient (Wildman–Crippen LogP) is 2.06. The fraction of sp³-hybridized carbons (Fsp3) is 0.200. The van der Waals surface area contributed by atoms with E-state index in [4.69, 9.17) is 10.3 Å². The third kappa shape index (κ3) is 2.53. The number of rotatable bonds is 3. The van der Waals surface area contributed by atoms with Crippen LogP contribution in [0.15, 0.2) is 47.1 Å². The molecule has 106 valence electrons. The second kappa shape index (κ2) is 5.06. The minimum absolute atomic E-state index is 0.347. The third-order valence-corrected chi connectivity index (χ3v) is 3.25. The Balaban J connectivity index is 1.98. The van der Waals surface area contributed by atoms with E-state index in [2.05, 4.69) is 20.1 Å². The van der Waals surface area contributed by atoms with Gasteiger partial charge in [-0.1, -0.05) is 35.5 Å². The molecular weight excluding hydrogens is 266 g/mol. The Hall–Kier alpha value is -2.60. The van der Waals surface area contributed by atoms with E-state index in [1.54, 1.807) is 12.3 Å². The van der Waals surface area contributed by atoms with Crippen LogP contribution in [0.5, 0.6) is 0 Å². The first-order valence-corrected chi connectivity index (χ1v) is 6.56. The van der Waals surface area contributed by atoms with Gasteiger partial charge in [0.25, 0.3) is 5.89 Å². The van der Waals surface area contributed by atoms with Crippen LogP contribution in [-0.2, 0) is 5.54 Å². The smallest absolute Gasteiger partial charge is 0.251 e. The van der Waals surface area contributed by atoms with Gasteiger partial charge in [0.15, 0.2) is 0 Å². The summed E-state index contributed by atoms with van der Waals surface area (Å²) < 4.78 is 5.33. The first-order chi connectivity index (χ1) is 10.1. The molecule has 1 atom stereocenters. The largest absolute Gasteiger partial charge is 0.336 e. The number of aromatic nitrogens is 4. The van der Waals surface area contributed by atoms with Crippen molar-refractivity contribution < 1.29 is 4.52 Å². The Morgan fingerprint density at radius 2 is 1.86 bits per heavy atom. The van der Waals surface area contributed by atoms with Crippen molar-refractivity contribution in [2.24, 2.45) is 5.73 Å². The van der Waals surface area contributed by atoms with E-state index in [-0.39, 0.29) is 0 Å². The molecule has 2 heterocycles. The van der Waals surface area contributed by atoms with Gasteiger partial charge in [0, 0.05) is 6.20 Å². The van der Waals surface area contributed by atoms with Gasteiger partial charge in [0.2, 0.25) is 5.82 Å². The van der Waals surface area contributed by atoms with E-state index in [1.807, 2.05) is 44.2 Å². The average molecular weight is 281 g/mol. The first kappa shape index (κ1) is 13.4. The molecule has 3 rings (SSSR count). The van der Waals surface area contributed by atoms with Gasteiger partial charge in [-0.3, -0.25) is 0 Å². The van der Waals surface area contributed by atoms with Crippen molar-refractivity contribution in [1.82, 2.24) is 20.1 Å². The highest BCUT2D eigenvalue weighted by atomic mass is 16.5. The Bertz CT molecular complexity index is 752. The van der Waals surface area contributed by atoms with Crippen molar-refractivity contribution >= 4 is 0 Å². The maximum absolute atomic E-state index is 6.35. The van der Waals surface area contributed by atoms with Gasteiger partial charge in [0.1, 0.15) is 17.1 Å². The Labute approximate surface area is 122 Å². The van der Waals surface area contributed by atoms with Crippen LogP contribution in [0.4, 0.5) is 0 Å². The Kier molecular flexibility index (Phi) is 3.23. The summed E-state index contributed by atoms with van der Waals surface area (Å²) in [5.41, 5.74) is 7.01. The zero-order chi connectivity index (χ0) is 14.9. The monoisotopic (exact) mass is 281 g/mol. The lowest BCUT2D eigenvalue weighted by atomic mass is 9.93. The Morgan fingerprint density at radius 3 is 2.57 bits per heavy atom. The lowest BCUT2D eigenvalue weighted by Gasteiger charge is -2.20. The molecule has 0 saturated carbocycles. The van der Waals surface area contributed by atoms with Crippen LogP contribution in [-0.4, -0.2) is 20.1 Å². The molecule has 0 saturated heterocycles. The van der Waals surface area contributed by atoms with Gasteiger partial charge in [-0.05, 0) is 25.5 Å². The van der Waals surface area contributed by atoms with Gasteiger partial charge in [0.05, 0.1) is 0 Å². The van der Waals surface area contributed by atoms with E-state index < -0.39 is 5.54 Å². The van der Waals surface area contributed by atoms with Crippen LogP contribution >= 0.6 is 0 Å². The van der Waals surface area contributed by atoms with E-state index in [0.717, 1.165) is 5.56 Å². The second-order valence-corrected chi connectivity index (χ2v) is 4.98. The second-order valence-electron chi connectivity index (χ2n) is 4.98. The molecule has 6 nitrogen and oxygen atoms in total. The summed E-state index contributed by atoms with van der Waals surface area (Å²) in [5.74, 6) is 1.40. The summed E-state index contributed by atoms with van der Waals surface area (Å²) in [7, 11) is 0. The SMILES string of the molecule is Cc1nccc(-c2noc(C(C)(N)c3ccccc3)n2)n1. The van der Waals surface area contributed by atoms with Crippen molar-refractivity contribution in [3.63, 3.8) is 0 Å². The molecule has 3 aromatic rings. The minimum atomic E-state index is -0.853. The van der Waals surface area contributed by atoms with Gasteiger partial charge >= 0.3 is 0 Å². The summed E-state index contributed by atoms with van der Waals surface area (Å²) >= 11 is 0. The molecular formula is C15H15N5O. The van der Waals surface area contributed by atoms with Gasteiger partial charge in [-0.25, -0.2) is 9.97 Å². The van der Waals surface area contributed by atoms with Crippen LogP contribution in [0, 0.1) is 6.92 Å². The topological polar surface area (TPSA) is 90.7 Å². The van der Waals surface area contributed by atoms with E-state index >= 15 is 0 Å². The predicted molar refractivity (Wildman–Crippen MR) is 77.1 cm³/mol. The van der Waals surface area contributed by atoms with Gasteiger partial charge in [-0.15, -0.1) is 0 Å². The molecule has 0 aliphatic heterocycles. The summed E-state index contributed by atoms with van der Waals surface area (Å²) in [6, 6.07) is 11.4. The summed E-state index contributed by atoms with van der Waals surface area (Å²) in [6.45, 7) is 3.65. The quantitative estimate of drug-likeness (QED) is 0.790. The molecule has 0 fully saturated rings. The van der Waals surface area contributed by atoms with Crippen molar-refractivity contribution in [1.29, 1.82) is 0 Å². The number of nitrogens with zero attached hydrogens (tertiary/aromatic N) is 4. The van der Waals surface area contributed by atoms with Crippen LogP contribution in [0.3, 0.4) is 0 Å². The molecule has 1 aromatic carbocycles. The number of nitrogens with two attached hydrogens (primary N) is 1. The summed E-state index contributed by atoms with van der Waals surface area (Å²) in [4.78, 5) is 12.7. The molecule has 1 unspecified atom stereocenters. The fourth-order valence-electron chi connectivity index (χ4n) is 2.03. The fourth-order valence-corrected chi connectivity index (χ4v) is 2.03. The molecule has 0 aliphatic rings. The number of hydrogen-bond donors (Lipinski definition) is 1. The van der Waals surface area contributed by atoms with Crippen LogP contribution in [0.2, 0.25) is 0 Å². The molecule has 0 radical (unpaired) electrons. The van der Waals surface area contributed by atoms with Crippen LogP contribution in [0.1, 0.15) is 24.2 Å². The molecule has 0 bridgehead atoms. The normalized spacial score (nSPS) is 13.9. The van der Waals surface area contributed by atoms with E-state index in [9.17, 15) is 0 Å². The molecule has 2 N–H and O–H groups in total. The molecule has 21 heavy (non-hydrogen) atoms. The Morgan fingerprint density at radius 1 is 1.10 bits per heavy atom. The zero-order valence-corrected chi connectivity index (χ0v) is 11.8. The van der Waals surface area contributed by atoms with Gasteiger partial charge in [-0.2, -0.15) is 4.98 Å². The molecule has 0 spiro atoms. The van der Waals surface area contributed by atoms with E-state index in [1.165, 1.54) is 0 Å². The summed E-state index contributed by atoms with van der Waals surface area (Å²) in [5, 5.41) is 3.96. The lowest BCUT2D eigenvalue weighted by molar-refractivity contribution is 0.325. The van der Waals surface area contributed by atoms with Crippen LogP contribution < -0.4 is 5.73 Å². The van der Waals surface area contributed by atoms with Crippen molar-refractivity contribution in [3.05, 3.63) is 59.9 Å².